The van der Waals surface area contributed by atoms with Gasteiger partial charge in [-0.1, -0.05) is 17.7 Å². The Bertz CT molecular complexity index is 399. The minimum atomic E-state index is -1.57. The van der Waals surface area contributed by atoms with E-state index in [2.05, 4.69) is 0 Å². The molecule has 0 aliphatic carbocycles. The van der Waals surface area contributed by atoms with Gasteiger partial charge in [-0.05, 0) is 36.3 Å². The summed E-state index contributed by atoms with van der Waals surface area (Å²) < 4.78 is 12.7. The maximum atomic E-state index is 12.7. The fourth-order valence-corrected chi connectivity index (χ4v) is 1.23. The fraction of sp³-hybridized carbons (Fsp3) is 0.100. The van der Waals surface area contributed by atoms with Gasteiger partial charge in [0.15, 0.2) is 0 Å². The van der Waals surface area contributed by atoms with Crippen LogP contribution in [0.15, 0.2) is 24.0 Å². The summed E-state index contributed by atoms with van der Waals surface area (Å²) in [6, 6.07) is 4.79. The first-order valence-electron chi connectivity index (χ1n) is 3.87. The van der Waals surface area contributed by atoms with Crippen LogP contribution in [0.3, 0.4) is 0 Å². The van der Waals surface area contributed by atoms with Gasteiger partial charge in [0.1, 0.15) is 0 Å². The zero-order valence-corrected chi connectivity index (χ0v) is 8.18. The standard InChI is InChI=1S/C10H8ClFO2/c1-6-4-8(11)3-2-7(6)5-9(12)10(13)14/h2-5H,1H3,(H,13,14)/b9-5+. The Morgan fingerprint density at radius 2 is 2.21 bits per heavy atom. The minimum Gasteiger partial charge on any atom is -0.476 e. The molecule has 4 heteroatoms. The molecule has 0 saturated heterocycles. The number of carboxylic acid groups (broad SMARTS) is 1. The molecule has 0 bridgehead atoms. The molecule has 2 nitrogen and oxygen atoms in total. The van der Waals surface area contributed by atoms with Crippen molar-refractivity contribution in [2.75, 3.05) is 0 Å². The molecule has 0 atom stereocenters. The Morgan fingerprint density at radius 1 is 1.57 bits per heavy atom. The SMILES string of the molecule is Cc1cc(Cl)ccc1/C=C(/F)C(=O)O. The van der Waals surface area contributed by atoms with E-state index in [4.69, 9.17) is 16.7 Å². The van der Waals surface area contributed by atoms with Crippen molar-refractivity contribution in [1.29, 1.82) is 0 Å². The molecule has 0 radical (unpaired) electrons. The van der Waals surface area contributed by atoms with Crippen LogP contribution in [0.5, 0.6) is 0 Å². The van der Waals surface area contributed by atoms with Crippen LogP contribution in [-0.2, 0) is 4.79 Å². The second-order valence-corrected chi connectivity index (χ2v) is 3.23. The predicted molar refractivity (Wildman–Crippen MR) is 52.9 cm³/mol. The molecule has 1 N–H and O–H groups in total. The van der Waals surface area contributed by atoms with Crippen LogP contribution in [0.2, 0.25) is 5.02 Å². The largest absolute Gasteiger partial charge is 0.476 e. The highest BCUT2D eigenvalue weighted by atomic mass is 35.5. The lowest BCUT2D eigenvalue weighted by Crippen LogP contribution is -1.94. The summed E-state index contributed by atoms with van der Waals surface area (Å²) in [5.74, 6) is -2.75. The summed E-state index contributed by atoms with van der Waals surface area (Å²) in [5.41, 5.74) is 1.24. The number of aryl methyl sites for hydroxylation is 1. The molecule has 0 aliphatic heterocycles. The van der Waals surface area contributed by atoms with E-state index in [9.17, 15) is 9.18 Å². The molecule has 0 aromatic heterocycles. The molecular formula is C10H8ClFO2. The third kappa shape index (κ3) is 2.57. The van der Waals surface area contributed by atoms with E-state index >= 15 is 0 Å². The molecule has 0 amide bonds. The van der Waals surface area contributed by atoms with Crippen LogP contribution >= 0.6 is 11.6 Å². The second kappa shape index (κ2) is 4.24. The van der Waals surface area contributed by atoms with Gasteiger partial charge >= 0.3 is 5.97 Å². The van der Waals surface area contributed by atoms with Crippen molar-refractivity contribution in [1.82, 2.24) is 0 Å². The number of benzene rings is 1. The highest BCUT2D eigenvalue weighted by Gasteiger charge is 2.06. The van der Waals surface area contributed by atoms with Crippen molar-refractivity contribution in [2.24, 2.45) is 0 Å². The van der Waals surface area contributed by atoms with E-state index in [1.165, 1.54) is 0 Å². The van der Waals surface area contributed by atoms with E-state index in [0.29, 0.717) is 10.6 Å². The number of rotatable bonds is 2. The molecule has 0 heterocycles. The first-order chi connectivity index (χ1) is 6.50. The van der Waals surface area contributed by atoms with Crippen molar-refractivity contribution in [3.05, 3.63) is 40.2 Å². The summed E-state index contributed by atoms with van der Waals surface area (Å²) >= 11 is 5.69. The van der Waals surface area contributed by atoms with Crippen LogP contribution in [0.4, 0.5) is 4.39 Å². The van der Waals surface area contributed by atoms with Gasteiger partial charge < -0.3 is 5.11 Å². The summed E-state index contributed by atoms with van der Waals surface area (Å²) in [6.07, 6.45) is 0.966. The first kappa shape index (κ1) is 10.7. The van der Waals surface area contributed by atoms with Gasteiger partial charge in [-0.2, -0.15) is 4.39 Å². The molecule has 0 fully saturated rings. The van der Waals surface area contributed by atoms with Gasteiger partial charge in [0.25, 0.3) is 0 Å². The normalized spacial score (nSPS) is 11.5. The smallest absolute Gasteiger partial charge is 0.364 e. The van der Waals surface area contributed by atoms with Crippen molar-refractivity contribution in [3.8, 4) is 0 Å². The predicted octanol–water partition coefficient (Wildman–Crippen LogP) is 3.04. The molecule has 0 aliphatic rings. The van der Waals surface area contributed by atoms with Gasteiger partial charge in [-0.25, -0.2) is 4.79 Å². The summed E-state index contributed by atoms with van der Waals surface area (Å²) in [4.78, 5) is 10.2. The lowest BCUT2D eigenvalue weighted by molar-refractivity contribution is -0.134. The molecule has 1 rings (SSSR count). The number of aliphatic carboxylic acids is 1. The van der Waals surface area contributed by atoms with Crippen LogP contribution in [0.25, 0.3) is 6.08 Å². The van der Waals surface area contributed by atoms with E-state index in [-0.39, 0.29) is 0 Å². The lowest BCUT2D eigenvalue weighted by atomic mass is 10.1. The second-order valence-electron chi connectivity index (χ2n) is 2.80. The van der Waals surface area contributed by atoms with Gasteiger partial charge in [0.05, 0.1) is 0 Å². The Hall–Kier alpha value is -1.35. The third-order valence-corrected chi connectivity index (χ3v) is 1.95. The minimum absolute atomic E-state index is 0.509. The van der Waals surface area contributed by atoms with Crippen LogP contribution < -0.4 is 0 Å². The van der Waals surface area contributed by atoms with Crippen LogP contribution in [0.1, 0.15) is 11.1 Å². The Morgan fingerprint density at radius 3 is 2.71 bits per heavy atom. The highest BCUT2D eigenvalue weighted by molar-refractivity contribution is 6.30. The van der Waals surface area contributed by atoms with Crippen molar-refractivity contribution in [2.45, 2.75) is 6.92 Å². The number of hydrogen-bond acceptors (Lipinski definition) is 1. The third-order valence-electron chi connectivity index (χ3n) is 1.72. The Kier molecular flexibility index (Phi) is 3.25. The maximum Gasteiger partial charge on any atom is 0.364 e. The maximum absolute atomic E-state index is 12.7. The van der Waals surface area contributed by atoms with E-state index in [1.807, 2.05) is 0 Å². The van der Waals surface area contributed by atoms with Crippen LogP contribution in [0, 0.1) is 6.92 Å². The van der Waals surface area contributed by atoms with Gasteiger partial charge in [-0.3, -0.25) is 0 Å². The topological polar surface area (TPSA) is 37.3 Å². The Labute approximate surface area is 85.6 Å². The summed E-state index contributed by atoms with van der Waals surface area (Å²) in [7, 11) is 0. The molecule has 1 aromatic carbocycles. The van der Waals surface area contributed by atoms with Crippen molar-refractivity contribution in [3.63, 3.8) is 0 Å². The van der Waals surface area contributed by atoms with Gasteiger partial charge in [-0.15, -0.1) is 0 Å². The van der Waals surface area contributed by atoms with Crippen molar-refractivity contribution >= 4 is 23.6 Å². The first-order valence-corrected chi connectivity index (χ1v) is 4.25. The van der Waals surface area contributed by atoms with Crippen molar-refractivity contribution < 1.29 is 14.3 Å². The quantitative estimate of drug-likeness (QED) is 0.769. The van der Waals surface area contributed by atoms with Gasteiger partial charge in [0, 0.05) is 5.02 Å². The molecule has 0 saturated carbocycles. The number of halogens is 2. The van der Waals surface area contributed by atoms with E-state index in [0.717, 1.165) is 11.6 Å². The molecule has 1 aromatic rings. The number of carbonyl (C=O) groups is 1. The van der Waals surface area contributed by atoms with Gasteiger partial charge in [0.2, 0.25) is 5.83 Å². The average Bonchev–Trinajstić information content (AvgIpc) is 2.09. The zero-order valence-electron chi connectivity index (χ0n) is 7.42. The molecule has 0 spiro atoms. The summed E-state index contributed by atoms with van der Waals surface area (Å²) in [6.45, 7) is 1.73. The molecule has 0 unspecified atom stereocenters. The number of hydrogen-bond donors (Lipinski definition) is 1. The molecule has 74 valence electrons. The number of carboxylic acids is 1. The highest BCUT2D eigenvalue weighted by Crippen LogP contribution is 2.18. The fourth-order valence-electron chi connectivity index (χ4n) is 0.999. The summed E-state index contributed by atoms with van der Waals surface area (Å²) in [5, 5.41) is 8.86. The lowest BCUT2D eigenvalue weighted by Gasteiger charge is -2.00. The molecule has 14 heavy (non-hydrogen) atoms. The monoisotopic (exact) mass is 214 g/mol. The van der Waals surface area contributed by atoms with E-state index in [1.54, 1.807) is 25.1 Å². The Balaban J connectivity index is 3.09. The average molecular weight is 215 g/mol. The van der Waals surface area contributed by atoms with Crippen LogP contribution in [-0.4, -0.2) is 11.1 Å². The zero-order chi connectivity index (χ0) is 10.7. The van der Waals surface area contributed by atoms with E-state index < -0.39 is 11.8 Å². The molecular weight excluding hydrogens is 207 g/mol.